The van der Waals surface area contributed by atoms with E-state index in [2.05, 4.69) is 34.5 Å². The van der Waals surface area contributed by atoms with Crippen molar-refractivity contribution in [1.82, 2.24) is 15.6 Å². The summed E-state index contributed by atoms with van der Waals surface area (Å²) in [5.74, 6) is 3.45. The van der Waals surface area contributed by atoms with Crippen molar-refractivity contribution < 1.29 is 14.2 Å². The Labute approximate surface area is 183 Å². The van der Waals surface area contributed by atoms with Crippen molar-refractivity contribution in [3.63, 3.8) is 0 Å². The lowest BCUT2D eigenvalue weighted by Gasteiger charge is -2.14. The molecule has 28 heavy (non-hydrogen) atoms. The van der Waals surface area contributed by atoms with E-state index in [4.69, 9.17) is 14.2 Å². The maximum Gasteiger partial charge on any atom is 0.219 e. The van der Waals surface area contributed by atoms with Crippen molar-refractivity contribution in [3.8, 4) is 23.1 Å². The van der Waals surface area contributed by atoms with Gasteiger partial charge in [-0.3, -0.25) is 4.99 Å². The first kappa shape index (κ1) is 23.8. The third-order valence-electron chi connectivity index (χ3n) is 3.75. The predicted octanol–water partition coefficient (Wildman–Crippen LogP) is 3.83. The van der Waals surface area contributed by atoms with E-state index in [-0.39, 0.29) is 24.0 Å². The average Bonchev–Trinajstić information content (AvgIpc) is 2.69. The Kier molecular flexibility index (Phi) is 10.4. The quantitative estimate of drug-likeness (QED) is 0.326. The van der Waals surface area contributed by atoms with Gasteiger partial charge in [-0.15, -0.1) is 24.0 Å². The fourth-order valence-corrected chi connectivity index (χ4v) is 2.31. The summed E-state index contributed by atoms with van der Waals surface area (Å²) in [7, 11) is 4.93. The first-order valence-corrected chi connectivity index (χ1v) is 8.85. The molecule has 0 atom stereocenters. The molecule has 2 rings (SSSR count). The van der Waals surface area contributed by atoms with Gasteiger partial charge in [-0.2, -0.15) is 0 Å². The number of ether oxygens (including phenoxy) is 3. The lowest BCUT2D eigenvalue weighted by molar-refractivity contribution is 0.342. The molecule has 0 saturated carbocycles. The van der Waals surface area contributed by atoms with Gasteiger partial charge in [0, 0.05) is 32.4 Å². The molecule has 0 spiro atoms. The third-order valence-corrected chi connectivity index (χ3v) is 3.75. The van der Waals surface area contributed by atoms with Crippen LogP contribution in [0.1, 0.15) is 19.4 Å². The number of guanidine groups is 1. The topological polar surface area (TPSA) is 77.0 Å². The third kappa shape index (κ3) is 7.06. The van der Waals surface area contributed by atoms with E-state index in [1.807, 2.05) is 30.3 Å². The molecular formula is C20H29IN4O3. The van der Waals surface area contributed by atoms with Gasteiger partial charge < -0.3 is 24.8 Å². The SMILES string of the molecule is CN=C(NCc1ccc(Oc2c(OC)cccc2OC)nc1)NCC(C)C.I. The fourth-order valence-electron chi connectivity index (χ4n) is 2.31. The second-order valence-corrected chi connectivity index (χ2v) is 6.30. The Bertz CT molecular complexity index is 729. The fraction of sp³-hybridized carbons (Fsp3) is 0.400. The van der Waals surface area contributed by atoms with Gasteiger partial charge in [0.1, 0.15) is 0 Å². The first-order valence-electron chi connectivity index (χ1n) is 8.85. The molecule has 0 bridgehead atoms. The molecule has 0 aliphatic heterocycles. The van der Waals surface area contributed by atoms with Gasteiger partial charge in [0.15, 0.2) is 17.5 Å². The summed E-state index contributed by atoms with van der Waals surface area (Å²) in [5.41, 5.74) is 1.02. The minimum absolute atomic E-state index is 0. The van der Waals surface area contributed by atoms with E-state index >= 15 is 0 Å². The van der Waals surface area contributed by atoms with Crippen LogP contribution >= 0.6 is 24.0 Å². The van der Waals surface area contributed by atoms with Crippen molar-refractivity contribution in [2.24, 2.45) is 10.9 Å². The summed E-state index contributed by atoms with van der Waals surface area (Å²) in [5, 5.41) is 6.54. The summed E-state index contributed by atoms with van der Waals surface area (Å²) in [6, 6.07) is 9.23. The molecule has 2 aromatic rings. The van der Waals surface area contributed by atoms with Gasteiger partial charge in [-0.25, -0.2) is 4.98 Å². The van der Waals surface area contributed by atoms with Gasteiger partial charge in [0.05, 0.1) is 14.2 Å². The smallest absolute Gasteiger partial charge is 0.219 e. The summed E-state index contributed by atoms with van der Waals surface area (Å²) in [6.07, 6.45) is 1.76. The van der Waals surface area contributed by atoms with Gasteiger partial charge in [0.25, 0.3) is 0 Å². The number of nitrogens with one attached hydrogen (secondary N) is 2. The van der Waals surface area contributed by atoms with Crippen LogP contribution in [-0.4, -0.2) is 38.8 Å². The maximum absolute atomic E-state index is 5.87. The van der Waals surface area contributed by atoms with E-state index in [0.717, 1.165) is 18.1 Å². The Hall–Kier alpha value is -2.23. The molecule has 1 heterocycles. The van der Waals surface area contributed by atoms with Crippen molar-refractivity contribution in [2.45, 2.75) is 20.4 Å². The van der Waals surface area contributed by atoms with Crippen LogP contribution in [0.4, 0.5) is 0 Å². The van der Waals surface area contributed by atoms with E-state index in [9.17, 15) is 0 Å². The summed E-state index contributed by atoms with van der Waals surface area (Å²) >= 11 is 0. The first-order chi connectivity index (χ1) is 13.1. The molecule has 0 unspecified atom stereocenters. The van der Waals surface area contributed by atoms with Crippen molar-refractivity contribution in [3.05, 3.63) is 42.1 Å². The second-order valence-electron chi connectivity index (χ2n) is 6.30. The Morgan fingerprint density at radius 1 is 1.07 bits per heavy atom. The molecule has 2 N–H and O–H groups in total. The summed E-state index contributed by atoms with van der Waals surface area (Å²) in [6.45, 7) is 5.79. The molecule has 7 nitrogen and oxygen atoms in total. The number of halogens is 1. The van der Waals surface area contributed by atoms with E-state index in [1.165, 1.54) is 0 Å². The zero-order chi connectivity index (χ0) is 19.6. The molecule has 0 fully saturated rings. The van der Waals surface area contributed by atoms with Crippen molar-refractivity contribution in [1.29, 1.82) is 0 Å². The van der Waals surface area contributed by atoms with Crippen LogP contribution in [0.2, 0.25) is 0 Å². The normalized spacial score (nSPS) is 10.9. The number of rotatable bonds is 8. The molecule has 154 valence electrons. The highest BCUT2D eigenvalue weighted by molar-refractivity contribution is 14.0. The molecule has 8 heteroatoms. The van der Waals surface area contributed by atoms with Gasteiger partial charge in [-0.05, 0) is 23.6 Å². The standard InChI is InChI=1S/C20H28N4O3.HI/c1-14(2)11-23-20(21-3)24-13-15-9-10-18(22-12-15)27-19-16(25-4)7-6-8-17(19)26-5;/h6-10,12,14H,11,13H2,1-5H3,(H2,21,23,24);1H. The zero-order valence-corrected chi connectivity index (χ0v) is 19.3. The number of hydrogen-bond donors (Lipinski definition) is 2. The number of para-hydroxylation sites is 1. The van der Waals surface area contributed by atoms with E-state index in [1.54, 1.807) is 27.5 Å². The number of aromatic nitrogens is 1. The number of methoxy groups -OCH3 is 2. The van der Waals surface area contributed by atoms with Crippen LogP contribution in [0.15, 0.2) is 41.5 Å². The number of nitrogens with zero attached hydrogens (tertiary/aromatic N) is 2. The molecular weight excluding hydrogens is 471 g/mol. The number of hydrogen-bond acceptors (Lipinski definition) is 5. The number of pyridine rings is 1. The lowest BCUT2D eigenvalue weighted by Crippen LogP contribution is -2.38. The van der Waals surface area contributed by atoms with E-state index in [0.29, 0.717) is 35.6 Å². The van der Waals surface area contributed by atoms with Crippen LogP contribution in [0.25, 0.3) is 0 Å². The van der Waals surface area contributed by atoms with Gasteiger partial charge >= 0.3 is 0 Å². The monoisotopic (exact) mass is 500 g/mol. The highest BCUT2D eigenvalue weighted by atomic mass is 127. The predicted molar refractivity (Wildman–Crippen MR) is 122 cm³/mol. The largest absolute Gasteiger partial charge is 0.493 e. The highest BCUT2D eigenvalue weighted by Gasteiger charge is 2.13. The highest BCUT2D eigenvalue weighted by Crippen LogP contribution is 2.39. The summed E-state index contributed by atoms with van der Waals surface area (Å²) in [4.78, 5) is 8.58. The Balaban J connectivity index is 0.00000392. The van der Waals surface area contributed by atoms with Crippen molar-refractivity contribution >= 4 is 29.9 Å². The lowest BCUT2D eigenvalue weighted by atomic mass is 10.2. The Morgan fingerprint density at radius 3 is 2.25 bits per heavy atom. The average molecular weight is 500 g/mol. The zero-order valence-electron chi connectivity index (χ0n) is 17.0. The molecule has 1 aromatic heterocycles. The Morgan fingerprint density at radius 2 is 1.75 bits per heavy atom. The van der Waals surface area contributed by atoms with Crippen LogP contribution in [0.3, 0.4) is 0 Å². The van der Waals surface area contributed by atoms with Crippen molar-refractivity contribution in [2.75, 3.05) is 27.8 Å². The maximum atomic E-state index is 5.87. The number of benzene rings is 1. The molecule has 0 radical (unpaired) electrons. The molecule has 0 amide bonds. The van der Waals surface area contributed by atoms with Gasteiger partial charge in [0.2, 0.25) is 11.6 Å². The minimum Gasteiger partial charge on any atom is -0.493 e. The number of aliphatic imine (C=N–C) groups is 1. The van der Waals surface area contributed by atoms with Crippen LogP contribution in [-0.2, 0) is 6.54 Å². The second kappa shape index (κ2) is 12.3. The van der Waals surface area contributed by atoms with Crippen LogP contribution in [0, 0.1) is 5.92 Å². The summed E-state index contributed by atoms with van der Waals surface area (Å²) < 4.78 is 16.5. The van der Waals surface area contributed by atoms with Gasteiger partial charge in [-0.1, -0.05) is 26.0 Å². The molecule has 1 aromatic carbocycles. The van der Waals surface area contributed by atoms with Crippen LogP contribution < -0.4 is 24.8 Å². The molecule has 0 aliphatic carbocycles. The molecule has 0 aliphatic rings. The van der Waals surface area contributed by atoms with E-state index < -0.39 is 0 Å². The molecule has 0 saturated heterocycles. The minimum atomic E-state index is 0. The van der Waals surface area contributed by atoms with Crippen LogP contribution in [0.5, 0.6) is 23.1 Å².